The maximum atomic E-state index is 12.2. The van der Waals surface area contributed by atoms with Gasteiger partial charge in [0.05, 0.1) is 0 Å². The van der Waals surface area contributed by atoms with E-state index in [4.69, 9.17) is 5.73 Å². The van der Waals surface area contributed by atoms with Crippen LogP contribution in [0.2, 0.25) is 0 Å². The standard InChI is InChI=1S/C19H17N5O3/c1-12(25)23-16-6-8-17(9-7-16)24-19(27)14(10-20)11-22-15-4-2-13(3-5-15)18(21)26/h2-9,11,22H,1H3,(H2,21,26)(H,23,25)(H,24,27)/b14-11-. The van der Waals surface area contributed by atoms with E-state index < -0.39 is 11.8 Å². The summed E-state index contributed by atoms with van der Waals surface area (Å²) in [5.41, 5.74) is 7.03. The van der Waals surface area contributed by atoms with Crippen LogP contribution in [0.1, 0.15) is 17.3 Å². The number of carbonyl (C=O) groups is 3. The molecule has 0 saturated carbocycles. The molecule has 2 aromatic carbocycles. The Balaban J connectivity index is 2.02. The van der Waals surface area contributed by atoms with Gasteiger partial charge in [0.15, 0.2) is 0 Å². The molecule has 0 heterocycles. The van der Waals surface area contributed by atoms with Gasteiger partial charge in [-0.2, -0.15) is 5.26 Å². The van der Waals surface area contributed by atoms with Crippen molar-refractivity contribution in [1.29, 1.82) is 5.26 Å². The molecule has 5 N–H and O–H groups in total. The van der Waals surface area contributed by atoms with Crippen LogP contribution in [0.3, 0.4) is 0 Å². The van der Waals surface area contributed by atoms with Gasteiger partial charge in [-0.1, -0.05) is 0 Å². The van der Waals surface area contributed by atoms with Crippen molar-refractivity contribution < 1.29 is 14.4 Å². The molecule has 0 fully saturated rings. The fourth-order valence-electron chi connectivity index (χ4n) is 2.07. The number of rotatable bonds is 6. The van der Waals surface area contributed by atoms with Crippen molar-refractivity contribution >= 4 is 34.8 Å². The van der Waals surface area contributed by atoms with Gasteiger partial charge >= 0.3 is 0 Å². The Hall–Kier alpha value is -4.12. The van der Waals surface area contributed by atoms with Crippen molar-refractivity contribution in [2.24, 2.45) is 5.73 Å². The van der Waals surface area contributed by atoms with E-state index in [2.05, 4.69) is 16.0 Å². The van der Waals surface area contributed by atoms with Crippen molar-refractivity contribution in [3.8, 4) is 6.07 Å². The average Bonchev–Trinajstić information content (AvgIpc) is 2.64. The summed E-state index contributed by atoms with van der Waals surface area (Å²) >= 11 is 0. The molecule has 2 rings (SSSR count). The lowest BCUT2D eigenvalue weighted by Crippen LogP contribution is -2.14. The minimum Gasteiger partial charge on any atom is -0.366 e. The Kier molecular flexibility index (Phi) is 6.28. The zero-order chi connectivity index (χ0) is 19.8. The Bertz CT molecular complexity index is 925. The molecule has 0 unspecified atom stereocenters. The van der Waals surface area contributed by atoms with Gasteiger partial charge < -0.3 is 21.7 Å². The Morgan fingerprint density at radius 3 is 1.93 bits per heavy atom. The topological polar surface area (TPSA) is 137 Å². The minimum atomic E-state index is -0.592. The van der Waals surface area contributed by atoms with Crippen molar-refractivity contribution in [3.05, 3.63) is 65.9 Å². The Morgan fingerprint density at radius 2 is 1.44 bits per heavy atom. The lowest BCUT2D eigenvalue weighted by Gasteiger charge is -2.07. The van der Waals surface area contributed by atoms with Crippen LogP contribution in [0.5, 0.6) is 0 Å². The van der Waals surface area contributed by atoms with Crippen LogP contribution in [0.15, 0.2) is 60.3 Å². The van der Waals surface area contributed by atoms with Crippen molar-refractivity contribution in [2.75, 3.05) is 16.0 Å². The molecule has 0 bridgehead atoms. The number of primary amides is 1. The van der Waals surface area contributed by atoms with Crippen molar-refractivity contribution in [2.45, 2.75) is 6.92 Å². The normalized spacial score (nSPS) is 10.4. The van der Waals surface area contributed by atoms with Crippen LogP contribution in [-0.2, 0) is 9.59 Å². The molecule has 2 aromatic rings. The molecule has 8 heteroatoms. The maximum Gasteiger partial charge on any atom is 0.267 e. The molecule has 0 spiro atoms. The smallest absolute Gasteiger partial charge is 0.267 e. The van der Waals surface area contributed by atoms with Gasteiger partial charge in [-0.15, -0.1) is 0 Å². The van der Waals surface area contributed by atoms with E-state index in [0.717, 1.165) is 0 Å². The lowest BCUT2D eigenvalue weighted by atomic mass is 10.2. The van der Waals surface area contributed by atoms with Gasteiger partial charge in [0, 0.05) is 35.7 Å². The van der Waals surface area contributed by atoms with Gasteiger partial charge in [-0.3, -0.25) is 14.4 Å². The van der Waals surface area contributed by atoms with E-state index in [-0.39, 0.29) is 11.5 Å². The van der Waals surface area contributed by atoms with E-state index in [9.17, 15) is 19.6 Å². The number of hydrogen-bond acceptors (Lipinski definition) is 5. The molecule has 0 atom stereocenters. The highest BCUT2D eigenvalue weighted by atomic mass is 16.2. The molecule has 136 valence electrons. The second-order valence-electron chi connectivity index (χ2n) is 5.47. The number of nitrogens with two attached hydrogens (primary N) is 1. The molecule has 8 nitrogen and oxygen atoms in total. The highest BCUT2D eigenvalue weighted by molar-refractivity contribution is 6.06. The molecule has 0 aromatic heterocycles. The van der Waals surface area contributed by atoms with E-state index in [1.807, 2.05) is 6.07 Å². The van der Waals surface area contributed by atoms with Crippen LogP contribution in [-0.4, -0.2) is 17.7 Å². The predicted octanol–water partition coefficient (Wildman–Crippen LogP) is 2.20. The number of hydrogen-bond donors (Lipinski definition) is 4. The van der Waals surface area contributed by atoms with Crippen molar-refractivity contribution in [1.82, 2.24) is 0 Å². The van der Waals surface area contributed by atoms with E-state index in [0.29, 0.717) is 22.6 Å². The number of carbonyl (C=O) groups excluding carboxylic acids is 3. The van der Waals surface area contributed by atoms with Crippen LogP contribution < -0.4 is 21.7 Å². The quantitative estimate of drug-likeness (QED) is 0.460. The highest BCUT2D eigenvalue weighted by Gasteiger charge is 2.09. The summed E-state index contributed by atoms with van der Waals surface area (Å²) < 4.78 is 0. The molecule has 0 saturated heterocycles. The van der Waals surface area contributed by atoms with Crippen molar-refractivity contribution in [3.63, 3.8) is 0 Å². The number of amides is 3. The zero-order valence-electron chi connectivity index (χ0n) is 14.4. The lowest BCUT2D eigenvalue weighted by molar-refractivity contribution is -0.114. The first-order chi connectivity index (χ1) is 12.9. The summed E-state index contributed by atoms with van der Waals surface area (Å²) in [7, 11) is 0. The largest absolute Gasteiger partial charge is 0.366 e. The highest BCUT2D eigenvalue weighted by Crippen LogP contribution is 2.15. The monoisotopic (exact) mass is 363 g/mol. The number of anilines is 3. The van der Waals surface area contributed by atoms with Gasteiger partial charge in [-0.05, 0) is 48.5 Å². The number of nitrogens with one attached hydrogen (secondary N) is 3. The summed E-state index contributed by atoms with van der Waals surface area (Å²) in [4.78, 5) is 34.2. The predicted molar refractivity (Wildman–Crippen MR) is 102 cm³/mol. The zero-order valence-corrected chi connectivity index (χ0v) is 14.4. The van der Waals surface area contributed by atoms with Gasteiger partial charge in [0.2, 0.25) is 11.8 Å². The third kappa shape index (κ3) is 5.72. The fourth-order valence-corrected chi connectivity index (χ4v) is 2.07. The molecule has 27 heavy (non-hydrogen) atoms. The summed E-state index contributed by atoms with van der Waals surface area (Å²) in [6.45, 7) is 1.40. The Labute approximate surface area is 155 Å². The molecule has 0 radical (unpaired) electrons. The number of nitrogens with zero attached hydrogens (tertiary/aromatic N) is 1. The van der Waals surface area contributed by atoms with Crippen LogP contribution in [0.4, 0.5) is 17.1 Å². The first-order valence-corrected chi connectivity index (χ1v) is 7.84. The first-order valence-electron chi connectivity index (χ1n) is 7.84. The van der Waals surface area contributed by atoms with Crippen LogP contribution in [0.25, 0.3) is 0 Å². The van der Waals surface area contributed by atoms with Gasteiger partial charge in [0.1, 0.15) is 11.6 Å². The van der Waals surface area contributed by atoms with Crippen LogP contribution >= 0.6 is 0 Å². The van der Waals surface area contributed by atoms with Crippen LogP contribution in [0, 0.1) is 11.3 Å². The summed E-state index contributed by atoms with van der Waals surface area (Å²) in [6.07, 6.45) is 1.26. The van der Waals surface area contributed by atoms with E-state index >= 15 is 0 Å². The third-order valence-electron chi connectivity index (χ3n) is 3.38. The first kappa shape index (κ1) is 19.2. The van der Waals surface area contributed by atoms with E-state index in [1.165, 1.54) is 25.3 Å². The average molecular weight is 363 g/mol. The van der Waals surface area contributed by atoms with Gasteiger partial charge in [-0.25, -0.2) is 0 Å². The second-order valence-corrected chi connectivity index (χ2v) is 5.47. The second kappa shape index (κ2) is 8.82. The summed E-state index contributed by atoms with van der Waals surface area (Å²) in [6, 6.07) is 14.5. The number of nitriles is 1. The summed E-state index contributed by atoms with van der Waals surface area (Å²) in [5, 5.41) is 17.2. The van der Waals surface area contributed by atoms with Gasteiger partial charge in [0.25, 0.3) is 5.91 Å². The Morgan fingerprint density at radius 1 is 0.926 bits per heavy atom. The molecular weight excluding hydrogens is 346 g/mol. The minimum absolute atomic E-state index is 0.139. The molecule has 3 amide bonds. The fraction of sp³-hybridized carbons (Fsp3) is 0.0526. The maximum absolute atomic E-state index is 12.2. The molecular formula is C19H17N5O3. The molecule has 0 aliphatic rings. The van der Waals surface area contributed by atoms with E-state index in [1.54, 1.807) is 36.4 Å². The summed E-state index contributed by atoms with van der Waals surface area (Å²) in [5.74, 6) is -1.33. The SMILES string of the molecule is CC(=O)Nc1ccc(NC(=O)/C(C#N)=C\Nc2ccc(C(N)=O)cc2)cc1. The molecule has 0 aliphatic carbocycles. The third-order valence-corrected chi connectivity index (χ3v) is 3.38. The number of benzene rings is 2. The molecule has 0 aliphatic heterocycles.